The van der Waals surface area contributed by atoms with E-state index in [-0.39, 0.29) is 16.3 Å². The molecule has 1 aliphatic rings. The van der Waals surface area contributed by atoms with E-state index in [2.05, 4.69) is 10.2 Å². The van der Waals surface area contributed by atoms with Crippen molar-refractivity contribution in [3.05, 3.63) is 90.5 Å². The van der Waals surface area contributed by atoms with Gasteiger partial charge in [-0.1, -0.05) is 48.5 Å². The molecule has 9 nitrogen and oxygen atoms in total. The Kier molecular flexibility index (Phi) is 8.40. The summed E-state index contributed by atoms with van der Waals surface area (Å²) in [7, 11) is -5.62. The van der Waals surface area contributed by atoms with Crippen LogP contribution in [0.5, 0.6) is 0 Å². The first-order chi connectivity index (χ1) is 17.7. The average molecular weight is 543 g/mol. The Morgan fingerprint density at radius 2 is 1.35 bits per heavy atom. The van der Waals surface area contributed by atoms with Crippen LogP contribution in [-0.2, 0) is 31.4 Å². The zero-order chi connectivity index (χ0) is 26.5. The molecule has 0 saturated carbocycles. The Balaban J connectivity index is 1.48. The molecular formula is C26H30N4O5S2. The lowest BCUT2D eigenvalue weighted by Crippen LogP contribution is -2.46. The molecule has 3 aromatic rings. The monoisotopic (exact) mass is 542 g/mol. The normalized spacial score (nSPS) is 15.5. The summed E-state index contributed by atoms with van der Waals surface area (Å²) < 4.78 is 55.1. The lowest BCUT2D eigenvalue weighted by atomic mass is 10.2. The van der Waals surface area contributed by atoms with Crippen LogP contribution in [0.3, 0.4) is 0 Å². The first-order valence-corrected chi connectivity index (χ1v) is 14.7. The zero-order valence-electron chi connectivity index (χ0n) is 20.5. The molecule has 0 radical (unpaired) electrons. The van der Waals surface area contributed by atoms with Crippen LogP contribution in [0, 0.1) is 0 Å². The van der Waals surface area contributed by atoms with E-state index >= 15 is 0 Å². The summed E-state index contributed by atoms with van der Waals surface area (Å²) in [4.78, 5) is 15.2. The number of carbonyl (C=O) groups is 1. The minimum absolute atomic E-state index is 0.0215. The topological polar surface area (TPSA) is 107 Å². The van der Waals surface area contributed by atoms with Crippen LogP contribution in [0.2, 0.25) is 0 Å². The number of sulfonamides is 2. The highest BCUT2D eigenvalue weighted by Gasteiger charge is 2.28. The van der Waals surface area contributed by atoms with Gasteiger partial charge in [-0.2, -0.15) is 8.61 Å². The van der Waals surface area contributed by atoms with Crippen molar-refractivity contribution < 1.29 is 21.6 Å². The third-order valence-corrected chi connectivity index (χ3v) is 9.86. The maximum absolute atomic E-state index is 13.3. The number of anilines is 1. The molecule has 196 valence electrons. The molecule has 1 amide bonds. The maximum Gasteiger partial charge on any atom is 0.243 e. The third kappa shape index (κ3) is 6.62. The van der Waals surface area contributed by atoms with Gasteiger partial charge in [-0.05, 0) is 49.0 Å². The highest BCUT2D eigenvalue weighted by atomic mass is 32.2. The highest BCUT2D eigenvalue weighted by Crippen LogP contribution is 2.21. The van der Waals surface area contributed by atoms with Crippen molar-refractivity contribution in [3.63, 3.8) is 0 Å². The minimum atomic E-state index is -3.94. The number of nitrogens with one attached hydrogen (secondary N) is 1. The Hall–Kier alpha value is -3.09. The van der Waals surface area contributed by atoms with Crippen molar-refractivity contribution in [3.8, 4) is 0 Å². The number of hydrogen-bond acceptors (Lipinski definition) is 6. The number of nitrogens with zero attached hydrogens (tertiary/aromatic N) is 3. The Morgan fingerprint density at radius 1 is 0.784 bits per heavy atom. The predicted octanol–water partition coefficient (Wildman–Crippen LogP) is 2.45. The summed E-state index contributed by atoms with van der Waals surface area (Å²) in [6.45, 7) is 1.79. The number of piperazine rings is 1. The molecule has 0 bridgehead atoms. The van der Waals surface area contributed by atoms with E-state index < -0.39 is 32.5 Å². The van der Waals surface area contributed by atoms with E-state index in [0.29, 0.717) is 31.9 Å². The predicted molar refractivity (Wildman–Crippen MR) is 142 cm³/mol. The van der Waals surface area contributed by atoms with Gasteiger partial charge in [0, 0.05) is 38.4 Å². The van der Waals surface area contributed by atoms with Crippen LogP contribution in [-0.4, -0.2) is 76.0 Å². The minimum Gasteiger partial charge on any atom is -0.325 e. The average Bonchev–Trinajstić information content (AvgIpc) is 2.90. The van der Waals surface area contributed by atoms with E-state index in [4.69, 9.17) is 0 Å². The van der Waals surface area contributed by atoms with Gasteiger partial charge >= 0.3 is 0 Å². The number of likely N-dealkylation sites (N-methyl/N-ethyl adjacent to an activating group) is 1. The molecule has 4 rings (SSSR count). The van der Waals surface area contributed by atoms with Gasteiger partial charge in [0.1, 0.15) is 0 Å². The van der Waals surface area contributed by atoms with Crippen molar-refractivity contribution in [2.75, 3.05) is 45.1 Å². The number of amides is 1. The van der Waals surface area contributed by atoms with Crippen LogP contribution in [0.15, 0.2) is 94.7 Å². The van der Waals surface area contributed by atoms with Gasteiger partial charge < -0.3 is 10.2 Å². The van der Waals surface area contributed by atoms with Crippen molar-refractivity contribution in [1.29, 1.82) is 0 Å². The quantitative estimate of drug-likeness (QED) is 0.445. The summed E-state index contributed by atoms with van der Waals surface area (Å²) in [5.74, 6) is -0.537. The third-order valence-electron chi connectivity index (χ3n) is 6.14. The first kappa shape index (κ1) is 27.0. The molecule has 1 heterocycles. The number of rotatable bonds is 9. The largest absolute Gasteiger partial charge is 0.325 e. The molecule has 0 aromatic heterocycles. The van der Waals surface area contributed by atoms with E-state index in [1.54, 1.807) is 42.5 Å². The lowest BCUT2D eigenvalue weighted by Gasteiger charge is -2.31. The lowest BCUT2D eigenvalue weighted by molar-refractivity contribution is -0.116. The van der Waals surface area contributed by atoms with Crippen LogP contribution in [0.1, 0.15) is 5.56 Å². The molecule has 0 atom stereocenters. The molecule has 0 unspecified atom stereocenters. The molecule has 37 heavy (non-hydrogen) atoms. The first-order valence-electron chi connectivity index (χ1n) is 11.8. The smallest absolute Gasteiger partial charge is 0.243 e. The molecule has 11 heteroatoms. The van der Waals surface area contributed by atoms with E-state index in [1.807, 2.05) is 13.1 Å². The summed E-state index contributed by atoms with van der Waals surface area (Å²) >= 11 is 0. The van der Waals surface area contributed by atoms with Crippen molar-refractivity contribution in [2.24, 2.45) is 0 Å². The summed E-state index contributed by atoms with van der Waals surface area (Å²) in [5.41, 5.74) is 1.12. The molecule has 0 spiro atoms. The van der Waals surface area contributed by atoms with Crippen molar-refractivity contribution in [2.45, 2.75) is 16.3 Å². The van der Waals surface area contributed by atoms with E-state index in [0.717, 1.165) is 9.87 Å². The van der Waals surface area contributed by atoms with E-state index in [9.17, 15) is 21.6 Å². The summed E-state index contributed by atoms with van der Waals surface area (Å²) in [5, 5.41) is 2.69. The molecular weight excluding hydrogens is 512 g/mol. The number of carbonyl (C=O) groups excluding carboxylic acids is 1. The molecule has 1 saturated heterocycles. The van der Waals surface area contributed by atoms with Crippen LogP contribution in [0.4, 0.5) is 5.69 Å². The fraction of sp³-hybridized carbons (Fsp3) is 0.269. The van der Waals surface area contributed by atoms with Gasteiger partial charge in [-0.15, -0.1) is 0 Å². The molecule has 1 fully saturated rings. The molecule has 3 aromatic carbocycles. The standard InChI is InChI=1S/C26H30N4O5S2/c1-28-16-18-29(19-17-28)36(32,33)25-14-12-23(13-15-25)27-26(31)21-30(20-22-8-4-2-5-9-22)37(34,35)24-10-6-3-7-11-24/h2-15H,16-21H2,1H3,(H,27,31). The van der Waals surface area contributed by atoms with Gasteiger partial charge in [-0.3, -0.25) is 4.79 Å². The second kappa shape index (κ2) is 11.5. The van der Waals surface area contributed by atoms with Crippen LogP contribution >= 0.6 is 0 Å². The summed E-state index contributed by atoms with van der Waals surface area (Å²) in [6, 6.07) is 22.9. The van der Waals surface area contributed by atoms with Crippen LogP contribution < -0.4 is 5.32 Å². The van der Waals surface area contributed by atoms with Gasteiger partial charge in [0.25, 0.3) is 0 Å². The van der Waals surface area contributed by atoms with Gasteiger partial charge in [-0.25, -0.2) is 16.8 Å². The van der Waals surface area contributed by atoms with Crippen LogP contribution in [0.25, 0.3) is 0 Å². The Labute approximate surface area is 218 Å². The van der Waals surface area contributed by atoms with E-state index in [1.165, 1.54) is 40.7 Å². The zero-order valence-corrected chi connectivity index (χ0v) is 22.2. The number of benzene rings is 3. The Morgan fingerprint density at radius 3 is 1.95 bits per heavy atom. The number of hydrogen-bond donors (Lipinski definition) is 1. The van der Waals surface area contributed by atoms with Gasteiger partial charge in [0.2, 0.25) is 26.0 Å². The van der Waals surface area contributed by atoms with Crippen molar-refractivity contribution in [1.82, 2.24) is 13.5 Å². The van der Waals surface area contributed by atoms with Crippen molar-refractivity contribution >= 4 is 31.6 Å². The molecule has 1 aliphatic heterocycles. The Bertz CT molecular complexity index is 1410. The molecule has 1 N–H and O–H groups in total. The second-order valence-corrected chi connectivity index (χ2v) is 12.7. The fourth-order valence-electron chi connectivity index (χ4n) is 4.00. The molecule has 0 aliphatic carbocycles. The summed E-state index contributed by atoms with van der Waals surface area (Å²) in [6.07, 6.45) is 0. The van der Waals surface area contributed by atoms with Gasteiger partial charge in [0.15, 0.2) is 0 Å². The van der Waals surface area contributed by atoms with Gasteiger partial charge in [0.05, 0.1) is 16.3 Å². The fourth-order valence-corrected chi connectivity index (χ4v) is 6.83. The SMILES string of the molecule is CN1CCN(S(=O)(=O)c2ccc(NC(=O)CN(Cc3ccccc3)S(=O)(=O)c3ccccc3)cc2)CC1. The maximum atomic E-state index is 13.3. The highest BCUT2D eigenvalue weighted by molar-refractivity contribution is 7.89. The second-order valence-electron chi connectivity index (χ2n) is 8.85.